The van der Waals surface area contributed by atoms with E-state index >= 15 is 0 Å². The van der Waals surface area contributed by atoms with Gasteiger partial charge in [0, 0.05) is 37.5 Å². The number of hydrogen-bond donors (Lipinski definition) is 3. The Labute approximate surface area is 139 Å². The predicted molar refractivity (Wildman–Crippen MR) is 91.2 cm³/mol. The van der Waals surface area contributed by atoms with Crippen LogP contribution < -0.4 is 15.4 Å². The van der Waals surface area contributed by atoms with E-state index in [4.69, 9.17) is 4.74 Å². The average Bonchev–Trinajstić information content (AvgIpc) is 2.55. The van der Waals surface area contributed by atoms with E-state index in [0.29, 0.717) is 29.4 Å². The van der Waals surface area contributed by atoms with Crippen molar-refractivity contribution in [3.05, 3.63) is 48.3 Å². The third-order valence-electron chi connectivity index (χ3n) is 2.88. The maximum absolute atomic E-state index is 11.6. The molecule has 1 aromatic heterocycles. The van der Waals surface area contributed by atoms with E-state index in [1.807, 2.05) is 0 Å². The lowest BCUT2D eigenvalue weighted by Crippen LogP contribution is -2.18. The topological polar surface area (TPSA) is 80.3 Å². The predicted octanol–water partition coefficient (Wildman–Crippen LogP) is 2.49. The molecule has 23 heavy (non-hydrogen) atoms. The fourth-order valence-corrected chi connectivity index (χ4v) is 2.03. The van der Waals surface area contributed by atoms with Gasteiger partial charge in [0.25, 0.3) is 5.91 Å². The smallest absolute Gasteiger partial charge is 0.269 e. The molecule has 2 aromatic rings. The largest absolute Gasteiger partial charge is 0.457 e. The van der Waals surface area contributed by atoms with E-state index in [2.05, 4.69) is 28.2 Å². The summed E-state index contributed by atoms with van der Waals surface area (Å²) in [5.41, 5.74) is 0.901. The van der Waals surface area contributed by atoms with Gasteiger partial charge in [-0.1, -0.05) is 6.07 Å². The number of carbonyl (C=O) groups is 2. The molecule has 0 fully saturated rings. The molecule has 2 N–H and O–H groups in total. The standard InChI is InChI=1S/C16H17N3O3S/c1-17-16(21)14-10-13(5-7-18-14)22-12-4-2-3-11(9-12)19-15(20)6-8-23/h2-5,7,9-10,23H,6,8H2,1H3,(H,17,21)(H,19,20). The highest BCUT2D eigenvalue weighted by Gasteiger charge is 2.07. The molecule has 0 saturated heterocycles. The third kappa shape index (κ3) is 5.00. The Morgan fingerprint density at radius 2 is 2.00 bits per heavy atom. The first-order chi connectivity index (χ1) is 11.1. The molecule has 7 heteroatoms. The summed E-state index contributed by atoms with van der Waals surface area (Å²) in [6.45, 7) is 0. The fraction of sp³-hybridized carbons (Fsp3) is 0.188. The van der Waals surface area contributed by atoms with Gasteiger partial charge in [-0.15, -0.1) is 0 Å². The maximum atomic E-state index is 11.6. The number of nitrogens with zero attached hydrogens (tertiary/aromatic N) is 1. The fourth-order valence-electron chi connectivity index (χ4n) is 1.83. The molecule has 0 radical (unpaired) electrons. The first kappa shape index (κ1) is 16.8. The van der Waals surface area contributed by atoms with Crippen molar-refractivity contribution >= 4 is 30.1 Å². The van der Waals surface area contributed by atoms with E-state index in [0.717, 1.165) is 0 Å². The molecule has 2 rings (SSSR count). The molecule has 0 saturated carbocycles. The molecule has 6 nitrogen and oxygen atoms in total. The number of anilines is 1. The van der Waals surface area contributed by atoms with Crippen LogP contribution in [0.25, 0.3) is 0 Å². The molecule has 2 amide bonds. The van der Waals surface area contributed by atoms with Gasteiger partial charge in [-0.05, 0) is 24.0 Å². The second-order valence-corrected chi connectivity index (χ2v) is 5.05. The van der Waals surface area contributed by atoms with Crippen molar-refractivity contribution in [1.29, 1.82) is 0 Å². The summed E-state index contributed by atoms with van der Waals surface area (Å²) < 4.78 is 5.71. The van der Waals surface area contributed by atoms with Gasteiger partial charge in [-0.2, -0.15) is 12.6 Å². The number of amides is 2. The Hall–Kier alpha value is -2.54. The average molecular weight is 331 g/mol. The van der Waals surface area contributed by atoms with Crippen molar-refractivity contribution in [1.82, 2.24) is 10.3 Å². The van der Waals surface area contributed by atoms with Crippen LogP contribution in [-0.4, -0.2) is 29.6 Å². The van der Waals surface area contributed by atoms with Crippen LogP contribution in [0.1, 0.15) is 16.9 Å². The van der Waals surface area contributed by atoms with Crippen LogP contribution in [0, 0.1) is 0 Å². The zero-order chi connectivity index (χ0) is 16.7. The minimum Gasteiger partial charge on any atom is -0.457 e. The van der Waals surface area contributed by atoms with Gasteiger partial charge >= 0.3 is 0 Å². The Morgan fingerprint density at radius 1 is 1.22 bits per heavy atom. The minimum absolute atomic E-state index is 0.108. The van der Waals surface area contributed by atoms with Crippen LogP contribution in [0.15, 0.2) is 42.6 Å². The first-order valence-corrected chi connectivity index (χ1v) is 7.62. The number of hydrogen-bond acceptors (Lipinski definition) is 5. The van der Waals surface area contributed by atoms with Crippen LogP contribution in [-0.2, 0) is 4.79 Å². The molecular weight excluding hydrogens is 314 g/mol. The maximum Gasteiger partial charge on any atom is 0.269 e. The highest BCUT2D eigenvalue weighted by molar-refractivity contribution is 7.80. The number of ether oxygens (including phenoxy) is 1. The van der Waals surface area contributed by atoms with Gasteiger partial charge in [-0.25, -0.2) is 0 Å². The molecule has 0 bridgehead atoms. The van der Waals surface area contributed by atoms with Crippen LogP contribution >= 0.6 is 12.6 Å². The van der Waals surface area contributed by atoms with Crippen LogP contribution in [0.2, 0.25) is 0 Å². The number of pyridine rings is 1. The molecule has 0 aliphatic heterocycles. The first-order valence-electron chi connectivity index (χ1n) is 6.99. The number of benzene rings is 1. The van der Waals surface area contributed by atoms with E-state index in [-0.39, 0.29) is 17.5 Å². The van der Waals surface area contributed by atoms with E-state index in [1.165, 1.54) is 13.2 Å². The van der Waals surface area contributed by atoms with Crippen LogP contribution in [0.3, 0.4) is 0 Å². The van der Waals surface area contributed by atoms with E-state index < -0.39 is 0 Å². The molecule has 0 spiro atoms. The van der Waals surface area contributed by atoms with Crippen LogP contribution in [0.5, 0.6) is 11.5 Å². The molecular formula is C16H17N3O3S. The Kier molecular flexibility index (Phi) is 5.99. The lowest BCUT2D eigenvalue weighted by Gasteiger charge is -2.09. The minimum atomic E-state index is -0.289. The molecule has 1 aromatic carbocycles. The number of nitrogens with one attached hydrogen (secondary N) is 2. The lowest BCUT2D eigenvalue weighted by molar-refractivity contribution is -0.115. The molecule has 0 aliphatic rings. The van der Waals surface area contributed by atoms with Crippen molar-refractivity contribution in [2.45, 2.75) is 6.42 Å². The van der Waals surface area contributed by atoms with Crippen LogP contribution in [0.4, 0.5) is 5.69 Å². The van der Waals surface area contributed by atoms with Crippen molar-refractivity contribution in [2.24, 2.45) is 0 Å². The lowest BCUT2D eigenvalue weighted by atomic mass is 10.3. The molecule has 0 aliphatic carbocycles. The second-order valence-electron chi connectivity index (χ2n) is 4.61. The number of thiol groups is 1. The van der Waals surface area contributed by atoms with Crippen molar-refractivity contribution in [3.8, 4) is 11.5 Å². The molecule has 0 atom stereocenters. The van der Waals surface area contributed by atoms with Crippen molar-refractivity contribution < 1.29 is 14.3 Å². The molecule has 120 valence electrons. The Morgan fingerprint density at radius 3 is 2.74 bits per heavy atom. The summed E-state index contributed by atoms with van der Waals surface area (Å²) in [6.07, 6.45) is 1.84. The highest BCUT2D eigenvalue weighted by Crippen LogP contribution is 2.24. The van der Waals surface area contributed by atoms with Gasteiger partial charge in [-0.3, -0.25) is 14.6 Å². The molecule has 1 heterocycles. The summed E-state index contributed by atoms with van der Waals surface area (Å²) in [4.78, 5) is 27.1. The van der Waals surface area contributed by atoms with Crippen molar-refractivity contribution in [2.75, 3.05) is 18.1 Å². The van der Waals surface area contributed by atoms with Crippen molar-refractivity contribution in [3.63, 3.8) is 0 Å². The van der Waals surface area contributed by atoms with Gasteiger partial charge in [0.1, 0.15) is 17.2 Å². The number of rotatable bonds is 6. The van der Waals surface area contributed by atoms with E-state index in [9.17, 15) is 9.59 Å². The monoisotopic (exact) mass is 331 g/mol. The quantitative estimate of drug-likeness (QED) is 0.711. The van der Waals surface area contributed by atoms with Gasteiger partial charge < -0.3 is 15.4 Å². The second kappa shape index (κ2) is 8.19. The Balaban J connectivity index is 2.11. The zero-order valence-corrected chi connectivity index (χ0v) is 13.5. The van der Waals surface area contributed by atoms with Gasteiger partial charge in [0.05, 0.1) is 0 Å². The normalized spacial score (nSPS) is 10.0. The summed E-state index contributed by atoms with van der Waals surface area (Å²) in [5, 5.41) is 5.27. The van der Waals surface area contributed by atoms with Gasteiger partial charge in [0.2, 0.25) is 5.91 Å². The highest BCUT2D eigenvalue weighted by atomic mass is 32.1. The SMILES string of the molecule is CNC(=O)c1cc(Oc2cccc(NC(=O)CCS)c2)ccn1. The Bertz CT molecular complexity index is 706. The molecule has 0 unspecified atom stereocenters. The van der Waals surface area contributed by atoms with E-state index in [1.54, 1.807) is 36.4 Å². The summed E-state index contributed by atoms with van der Waals surface area (Å²) in [7, 11) is 1.54. The van der Waals surface area contributed by atoms with Gasteiger partial charge in [0.15, 0.2) is 0 Å². The zero-order valence-electron chi connectivity index (χ0n) is 12.6. The third-order valence-corrected chi connectivity index (χ3v) is 3.11. The number of aromatic nitrogens is 1. The summed E-state index contributed by atoms with van der Waals surface area (Å²) in [6, 6.07) is 10.2. The number of carbonyl (C=O) groups excluding carboxylic acids is 2. The summed E-state index contributed by atoms with van der Waals surface area (Å²) >= 11 is 4.02. The summed E-state index contributed by atoms with van der Waals surface area (Å²) in [5.74, 6) is 1.12.